The van der Waals surface area contributed by atoms with E-state index in [-0.39, 0.29) is 12.8 Å². The Balaban J connectivity index is 2.60. The van der Waals surface area contributed by atoms with Crippen molar-refractivity contribution < 1.29 is 23.9 Å². The molecule has 6 heteroatoms. The van der Waals surface area contributed by atoms with Crippen molar-refractivity contribution >= 4 is 17.8 Å². The van der Waals surface area contributed by atoms with Gasteiger partial charge in [0.2, 0.25) is 5.91 Å². The molecule has 0 saturated carbocycles. The summed E-state index contributed by atoms with van der Waals surface area (Å²) in [5.74, 6) is -1.39. The fourth-order valence-corrected chi connectivity index (χ4v) is 1.77. The molecule has 1 rings (SSSR count). The highest BCUT2D eigenvalue weighted by molar-refractivity contribution is 5.86. The maximum Gasteiger partial charge on any atom is 0.328 e. The zero-order chi connectivity index (χ0) is 15.7. The molecule has 1 atom stereocenters. The van der Waals surface area contributed by atoms with Gasteiger partial charge in [-0.05, 0) is 5.56 Å². The minimum absolute atomic E-state index is 0.0262. The summed E-state index contributed by atoms with van der Waals surface area (Å²) in [5.41, 5.74) is 0.904. The molecule has 0 aliphatic rings. The minimum Gasteiger partial charge on any atom is -0.469 e. The third-order valence-corrected chi connectivity index (χ3v) is 2.89. The van der Waals surface area contributed by atoms with Crippen LogP contribution in [0.4, 0.5) is 0 Å². The predicted molar refractivity (Wildman–Crippen MR) is 75.3 cm³/mol. The Morgan fingerprint density at radius 1 is 1.05 bits per heavy atom. The first-order valence-electron chi connectivity index (χ1n) is 6.54. The standard InChI is InChI=1S/C15H19NO5/c1-20-14(18)9-8-13(17)16-12(15(19)21-2)10-11-6-4-3-5-7-11/h3-7,12H,8-10H2,1-2H3,(H,16,17)/t12-/m1/s1. The van der Waals surface area contributed by atoms with Gasteiger partial charge in [-0.25, -0.2) is 4.79 Å². The molecule has 0 aromatic heterocycles. The first-order chi connectivity index (χ1) is 10.1. The maximum absolute atomic E-state index is 11.8. The van der Waals surface area contributed by atoms with E-state index in [4.69, 9.17) is 0 Å². The summed E-state index contributed by atoms with van der Waals surface area (Å²) < 4.78 is 9.15. The summed E-state index contributed by atoms with van der Waals surface area (Å²) in [7, 11) is 2.52. The Morgan fingerprint density at radius 2 is 1.71 bits per heavy atom. The van der Waals surface area contributed by atoms with Crippen molar-refractivity contribution in [3.63, 3.8) is 0 Å². The molecule has 0 aliphatic carbocycles. The number of methoxy groups -OCH3 is 2. The highest BCUT2D eigenvalue weighted by atomic mass is 16.5. The lowest BCUT2D eigenvalue weighted by molar-refractivity contribution is -0.145. The van der Waals surface area contributed by atoms with Crippen molar-refractivity contribution in [2.45, 2.75) is 25.3 Å². The summed E-state index contributed by atoms with van der Waals surface area (Å²) in [4.78, 5) is 34.5. The van der Waals surface area contributed by atoms with E-state index in [1.807, 2.05) is 30.3 Å². The molecule has 1 amide bonds. The molecule has 21 heavy (non-hydrogen) atoms. The van der Waals surface area contributed by atoms with Gasteiger partial charge in [-0.15, -0.1) is 0 Å². The van der Waals surface area contributed by atoms with Crippen LogP contribution in [0.1, 0.15) is 18.4 Å². The number of hydrogen-bond donors (Lipinski definition) is 1. The van der Waals surface area contributed by atoms with Crippen LogP contribution in [0.15, 0.2) is 30.3 Å². The Hall–Kier alpha value is -2.37. The van der Waals surface area contributed by atoms with Gasteiger partial charge in [0, 0.05) is 12.8 Å². The third kappa shape index (κ3) is 6.07. The van der Waals surface area contributed by atoms with E-state index < -0.39 is 23.9 Å². The lowest BCUT2D eigenvalue weighted by Gasteiger charge is -2.16. The smallest absolute Gasteiger partial charge is 0.328 e. The van der Waals surface area contributed by atoms with Crippen molar-refractivity contribution in [2.75, 3.05) is 14.2 Å². The monoisotopic (exact) mass is 293 g/mol. The Bertz CT molecular complexity index is 486. The van der Waals surface area contributed by atoms with Crippen LogP contribution in [0, 0.1) is 0 Å². The lowest BCUT2D eigenvalue weighted by Crippen LogP contribution is -2.43. The minimum atomic E-state index is -0.775. The summed E-state index contributed by atoms with van der Waals surface area (Å²) in [6, 6.07) is 8.51. The molecule has 1 aromatic rings. The van der Waals surface area contributed by atoms with Gasteiger partial charge >= 0.3 is 11.9 Å². The van der Waals surface area contributed by atoms with Crippen molar-refractivity contribution in [1.82, 2.24) is 5.32 Å². The Labute approximate surface area is 123 Å². The number of hydrogen-bond acceptors (Lipinski definition) is 5. The molecule has 0 bridgehead atoms. The van der Waals surface area contributed by atoms with Crippen LogP contribution in [0.25, 0.3) is 0 Å². The van der Waals surface area contributed by atoms with Crippen LogP contribution in [-0.2, 0) is 30.3 Å². The summed E-state index contributed by atoms with van der Waals surface area (Å²) >= 11 is 0. The molecule has 0 heterocycles. The molecule has 0 spiro atoms. The zero-order valence-corrected chi connectivity index (χ0v) is 12.1. The van der Waals surface area contributed by atoms with Crippen LogP contribution < -0.4 is 5.32 Å². The average molecular weight is 293 g/mol. The SMILES string of the molecule is COC(=O)CCC(=O)N[C@H](Cc1ccccc1)C(=O)OC. The van der Waals surface area contributed by atoms with E-state index in [0.29, 0.717) is 6.42 Å². The van der Waals surface area contributed by atoms with E-state index >= 15 is 0 Å². The highest BCUT2D eigenvalue weighted by Gasteiger charge is 2.22. The van der Waals surface area contributed by atoms with Crippen LogP contribution in [0.2, 0.25) is 0 Å². The Kier molecular flexibility index (Phi) is 6.94. The summed E-state index contributed by atoms with van der Waals surface area (Å²) in [6.07, 6.45) is 0.272. The van der Waals surface area contributed by atoms with Gasteiger partial charge in [0.25, 0.3) is 0 Å². The van der Waals surface area contributed by atoms with Crippen molar-refractivity contribution in [1.29, 1.82) is 0 Å². The molecule has 1 aromatic carbocycles. The van der Waals surface area contributed by atoms with Crippen molar-refractivity contribution in [3.05, 3.63) is 35.9 Å². The third-order valence-electron chi connectivity index (χ3n) is 2.89. The van der Waals surface area contributed by atoms with Gasteiger partial charge in [0.15, 0.2) is 0 Å². The molecule has 0 saturated heterocycles. The highest BCUT2D eigenvalue weighted by Crippen LogP contribution is 2.05. The van der Waals surface area contributed by atoms with E-state index in [9.17, 15) is 14.4 Å². The first-order valence-corrected chi connectivity index (χ1v) is 6.54. The maximum atomic E-state index is 11.8. The fourth-order valence-electron chi connectivity index (χ4n) is 1.77. The van der Waals surface area contributed by atoms with Crippen LogP contribution in [0.5, 0.6) is 0 Å². The molecular formula is C15H19NO5. The molecular weight excluding hydrogens is 274 g/mol. The second-order valence-corrected chi connectivity index (χ2v) is 4.41. The Morgan fingerprint density at radius 3 is 2.29 bits per heavy atom. The number of nitrogens with one attached hydrogen (secondary N) is 1. The van der Waals surface area contributed by atoms with Crippen molar-refractivity contribution in [2.24, 2.45) is 0 Å². The zero-order valence-electron chi connectivity index (χ0n) is 12.1. The fraction of sp³-hybridized carbons (Fsp3) is 0.400. The quantitative estimate of drug-likeness (QED) is 0.753. The number of esters is 2. The number of carbonyl (C=O) groups excluding carboxylic acids is 3. The molecule has 0 unspecified atom stereocenters. The van der Waals surface area contributed by atoms with Crippen LogP contribution >= 0.6 is 0 Å². The number of carbonyl (C=O) groups is 3. The van der Waals surface area contributed by atoms with Gasteiger partial charge in [-0.3, -0.25) is 9.59 Å². The van der Waals surface area contributed by atoms with E-state index in [2.05, 4.69) is 14.8 Å². The lowest BCUT2D eigenvalue weighted by atomic mass is 10.1. The van der Waals surface area contributed by atoms with Crippen molar-refractivity contribution in [3.8, 4) is 0 Å². The number of ether oxygens (including phenoxy) is 2. The molecule has 6 nitrogen and oxygen atoms in total. The van der Waals surface area contributed by atoms with Gasteiger partial charge in [0.1, 0.15) is 6.04 Å². The molecule has 0 radical (unpaired) electrons. The van der Waals surface area contributed by atoms with Gasteiger partial charge in [0.05, 0.1) is 20.6 Å². The second-order valence-electron chi connectivity index (χ2n) is 4.41. The largest absolute Gasteiger partial charge is 0.469 e. The van der Waals surface area contributed by atoms with E-state index in [1.165, 1.54) is 14.2 Å². The summed E-state index contributed by atoms with van der Waals surface area (Å²) in [5, 5.41) is 2.57. The second kappa shape index (κ2) is 8.73. The molecule has 114 valence electrons. The van der Waals surface area contributed by atoms with Gasteiger partial charge < -0.3 is 14.8 Å². The topological polar surface area (TPSA) is 81.7 Å². The van der Waals surface area contributed by atoms with Crippen LogP contribution in [0.3, 0.4) is 0 Å². The first kappa shape index (κ1) is 16.7. The molecule has 1 N–H and O–H groups in total. The summed E-state index contributed by atoms with van der Waals surface area (Å²) in [6.45, 7) is 0. The molecule has 0 aliphatic heterocycles. The number of amides is 1. The van der Waals surface area contributed by atoms with E-state index in [0.717, 1.165) is 5.56 Å². The number of rotatable bonds is 7. The normalized spacial score (nSPS) is 11.3. The van der Waals surface area contributed by atoms with E-state index in [1.54, 1.807) is 0 Å². The number of benzene rings is 1. The average Bonchev–Trinajstić information content (AvgIpc) is 2.52. The van der Waals surface area contributed by atoms with Gasteiger partial charge in [-0.2, -0.15) is 0 Å². The molecule has 0 fully saturated rings. The van der Waals surface area contributed by atoms with Gasteiger partial charge in [-0.1, -0.05) is 30.3 Å². The predicted octanol–water partition coefficient (Wildman–Crippen LogP) is 0.840. The van der Waals surface area contributed by atoms with Crippen LogP contribution in [-0.4, -0.2) is 38.1 Å².